The van der Waals surface area contributed by atoms with E-state index in [1.54, 1.807) is 29.3 Å². The lowest BCUT2D eigenvalue weighted by Gasteiger charge is -2.12. The van der Waals surface area contributed by atoms with Gasteiger partial charge in [-0.3, -0.25) is 9.48 Å². The summed E-state index contributed by atoms with van der Waals surface area (Å²) in [7, 11) is 3.27. The molecule has 0 bridgehead atoms. The molecule has 0 radical (unpaired) electrons. The molecule has 0 aromatic carbocycles. The molecule has 2 aromatic heterocycles. The average Bonchev–Trinajstić information content (AvgIpc) is 2.97. The fourth-order valence-corrected chi connectivity index (χ4v) is 2.69. The number of hydrogen-bond acceptors (Lipinski definition) is 4. The van der Waals surface area contributed by atoms with Gasteiger partial charge in [-0.15, -0.1) is 16.4 Å². The van der Waals surface area contributed by atoms with E-state index in [9.17, 15) is 4.79 Å². The number of nitrogens with zero attached hydrogens (tertiary/aromatic N) is 2. The third kappa shape index (κ3) is 3.35. The van der Waals surface area contributed by atoms with Crippen molar-refractivity contribution in [3.63, 3.8) is 0 Å². The first-order valence-corrected chi connectivity index (χ1v) is 6.89. The van der Waals surface area contributed by atoms with E-state index in [4.69, 9.17) is 4.74 Å². The van der Waals surface area contributed by atoms with Gasteiger partial charge >= 0.3 is 0 Å². The molecule has 102 valence electrons. The summed E-state index contributed by atoms with van der Waals surface area (Å²) in [5, 5.41) is 9.06. The van der Waals surface area contributed by atoms with Gasteiger partial charge in [0.2, 0.25) is 5.88 Å². The van der Waals surface area contributed by atoms with Gasteiger partial charge < -0.3 is 10.1 Å². The lowest BCUT2D eigenvalue weighted by Crippen LogP contribution is -2.33. The summed E-state index contributed by atoms with van der Waals surface area (Å²) in [6, 6.07) is 4.15. The largest absolute Gasteiger partial charge is 0.479 e. The zero-order valence-corrected chi connectivity index (χ0v) is 12.0. The maximum atomic E-state index is 12.1. The van der Waals surface area contributed by atoms with Gasteiger partial charge in [0.1, 0.15) is 5.56 Å². The second-order valence-electron chi connectivity index (χ2n) is 4.38. The minimum atomic E-state index is -0.158. The van der Waals surface area contributed by atoms with Gasteiger partial charge in [-0.25, -0.2) is 0 Å². The highest BCUT2D eigenvalue weighted by Gasteiger charge is 2.18. The molecule has 0 saturated heterocycles. The van der Waals surface area contributed by atoms with Gasteiger partial charge in [-0.1, -0.05) is 6.07 Å². The number of nitrogens with one attached hydrogen (secondary N) is 1. The van der Waals surface area contributed by atoms with E-state index in [1.165, 1.54) is 12.0 Å². The fourth-order valence-electron chi connectivity index (χ4n) is 1.86. The molecule has 2 aromatic rings. The van der Waals surface area contributed by atoms with Crippen LogP contribution in [0.4, 0.5) is 0 Å². The van der Waals surface area contributed by atoms with Crippen molar-refractivity contribution in [3.8, 4) is 5.88 Å². The Morgan fingerprint density at radius 3 is 3.05 bits per heavy atom. The normalized spacial score (nSPS) is 12.2. The molecule has 2 heterocycles. The standard InChI is InChI=1S/C13H17N3O2S/c1-9(7-10-5-4-6-19-10)14-12(17)11-8-16(2)15-13(11)18-3/h4-6,8-9H,7H2,1-3H3,(H,14,17). The first-order valence-electron chi connectivity index (χ1n) is 6.01. The summed E-state index contributed by atoms with van der Waals surface area (Å²) in [4.78, 5) is 13.4. The number of thiophene rings is 1. The lowest BCUT2D eigenvalue weighted by atomic mass is 10.2. The maximum Gasteiger partial charge on any atom is 0.258 e. The van der Waals surface area contributed by atoms with Crippen LogP contribution in [0.3, 0.4) is 0 Å². The molecule has 1 N–H and O–H groups in total. The molecule has 1 amide bonds. The molecule has 0 aliphatic rings. The molecular formula is C13H17N3O2S. The average molecular weight is 279 g/mol. The van der Waals surface area contributed by atoms with Crippen molar-refractivity contribution in [2.24, 2.45) is 7.05 Å². The van der Waals surface area contributed by atoms with Crippen molar-refractivity contribution in [3.05, 3.63) is 34.2 Å². The molecule has 1 atom stereocenters. The highest BCUT2D eigenvalue weighted by molar-refractivity contribution is 7.09. The summed E-state index contributed by atoms with van der Waals surface area (Å²) in [5.41, 5.74) is 0.461. The van der Waals surface area contributed by atoms with E-state index in [2.05, 4.69) is 16.5 Å². The lowest BCUT2D eigenvalue weighted by molar-refractivity contribution is 0.0937. The quantitative estimate of drug-likeness (QED) is 0.908. The molecule has 1 unspecified atom stereocenters. The van der Waals surface area contributed by atoms with Crippen molar-refractivity contribution in [2.75, 3.05) is 7.11 Å². The molecule has 19 heavy (non-hydrogen) atoms. The molecule has 0 saturated carbocycles. The number of carbonyl (C=O) groups excluding carboxylic acids is 1. The highest BCUT2D eigenvalue weighted by atomic mass is 32.1. The summed E-state index contributed by atoms with van der Waals surface area (Å²) in [6.07, 6.45) is 2.48. The van der Waals surface area contributed by atoms with Crippen LogP contribution in [0.2, 0.25) is 0 Å². The Morgan fingerprint density at radius 2 is 2.42 bits per heavy atom. The monoisotopic (exact) mass is 279 g/mol. The number of aryl methyl sites for hydroxylation is 1. The summed E-state index contributed by atoms with van der Waals surface area (Å²) < 4.78 is 6.65. The smallest absolute Gasteiger partial charge is 0.258 e. The molecular weight excluding hydrogens is 262 g/mol. The van der Waals surface area contributed by atoms with Crippen molar-refractivity contribution in [1.82, 2.24) is 15.1 Å². The Morgan fingerprint density at radius 1 is 1.63 bits per heavy atom. The SMILES string of the molecule is COc1nn(C)cc1C(=O)NC(C)Cc1cccs1. The van der Waals surface area contributed by atoms with Crippen LogP contribution >= 0.6 is 11.3 Å². The minimum absolute atomic E-state index is 0.0658. The number of ether oxygens (including phenoxy) is 1. The van der Waals surface area contributed by atoms with Crippen molar-refractivity contribution in [1.29, 1.82) is 0 Å². The van der Waals surface area contributed by atoms with Crippen molar-refractivity contribution >= 4 is 17.2 Å². The highest BCUT2D eigenvalue weighted by Crippen LogP contribution is 2.15. The van der Waals surface area contributed by atoms with E-state index in [0.717, 1.165) is 6.42 Å². The zero-order valence-electron chi connectivity index (χ0n) is 11.2. The Bertz CT molecular complexity index is 548. The molecule has 2 rings (SSSR count). The Balaban J connectivity index is 2.00. The van der Waals surface area contributed by atoms with Crippen LogP contribution in [0.1, 0.15) is 22.2 Å². The molecule has 5 nitrogen and oxygen atoms in total. The Labute approximate surface area is 116 Å². The summed E-state index contributed by atoms with van der Waals surface area (Å²) in [5.74, 6) is 0.192. The number of carbonyl (C=O) groups is 1. The third-order valence-electron chi connectivity index (χ3n) is 2.70. The van der Waals surface area contributed by atoms with E-state index in [0.29, 0.717) is 11.4 Å². The van der Waals surface area contributed by atoms with Crippen LogP contribution in [0.15, 0.2) is 23.7 Å². The predicted octanol–water partition coefficient (Wildman–Crippen LogP) is 1.85. The van der Waals surface area contributed by atoms with E-state index in [-0.39, 0.29) is 11.9 Å². The van der Waals surface area contributed by atoms with Gasteiger partial charge in [0.15, 0.2) is 0 Å². The third-order valence-corrected chi connectivity index (χ3v) is 3.60. The Hall–Kier alpha value is -1.82. The number of aromatic nitrogens is 2. The van der Waals surface area contributed by atoms with Gasteiger partial charge in [0.25, 0.3) is 5.91 Å². The predicted molar refractivity (Wildman–Crippen MR) is 74.7 cm³/mol. The zero-order chi connectivity index (χ0) is 13.8. The van der Waals surface area contributed by atoms with E-state index >= 15 is 0 Å². The number of hydrogen-bond donors (Lipinski definition) is 1. The van der Waals surface area contributed by atoms with Gasteiger partial charge in [-0.05, 0) is 18.4 Å². The Kier molecular flexibility index (Phi) is 4.21. The number of amides is 1. The second-order valence-corrected chi connectivity index (χ2v) is 5.42. The number of rotatable bonds is 5. The molecule has 0 fully saturated rings. The van der Waals surface area contributed by atoms with Gasteiger partial charge in [0, 0.05) is 30.6 Å². The van der Waals surface area contributed by atoms with Crippen LogP contribution in [-0.2, 0) is 13.5 Å². The van der Waals surface area contributed by atoms with E-state index < -0.39 is 0 Å². The molecule has 0 aliphatic heterocycles. The topological polar surface area (TPSA) is 56.2 Å². The fraction of sp³-hybridized carbons (Fsp3) is 0.385. The molecule has 0 aliphatic carbocycles. The van der Waals surface area contributed by atoms with Crippen molar-refractivity contribution in [2.45, 2.75) is 19.4 Å². The van der Waals surface area contributed by atoms with Crippen LogP contribution < -0.4 is 10.1 Å². The minimum Gasteiger partial charge on any atom is -0.479 e. The molecule has 0 spiro atoms. The van der Waals surface area contributed by atoms with Crippen LogP contribution in [0, 0.1) is 0 Å². The van der Waals surface area contributed by atoms with Gasteiger partial charge in [-0.2, -0.15) is 0 Å². The molecule has 6 heteroatoms. The van der Waals surface area contributed by atoms with E-state index in [1.807, 2.05) is 18.4 Å². The summed E-state index contributed by atoms with van der Waals surface area (Å²) in [6.45, 7) is 1.99. The first-order chi connectivity index (χ1) is 9.10. The van der Waals surface area contributed by atoms with Gasteiger partial charge in [0.05, 0.1) is 7.11 Å². The van der Waals surface area contributed by atoms with Crippen LogP contribution in [-0.4, -0.2) is 28.8 Å². The second kappa shape index (κ2) is 5.88. The first kappa shape index (κ1) is 13.6. The number of methoxy groups -OCH3 is 1. The van der Waals surface area contributed by atoms with Crippen molar-refractivity contribution < 1.29 is 9.53 Å². The maximum absolute atomic E-state index is 12.1. The van der Waals surface area contributed by atoms with Crippen LogP contribution in [0.25, 0.3) is 0 Å². The van der Waals surface area contributed by atoms with Crippen LogP contribution in [0.5, 0.6) is 5.88 Å². The summed E-state index contributed by atoms with van der Waals surface area (Å²) >= 11 is 1.69.